The molecular weight excluding hydrogens is 268 g/mol. The molecule has 1 heterocycles. The van der Waals surface area contributed by atoms with E-state index in [1.807, 2.05) is 0 Å². The molecular formula is C12H22N2O4S. The molecule has 7 heteroatoms. The van der Waals surface area contributed by atoms with Gasteiger partial charge in [0.2, 0.25) is 15.9 Å². The summed E-state index contributed by atoms with van der Waals surface area (Å²) in [5.74, 6) is 0.889. The van der Waals surface area contributed by atoms with Crippen molar-refractivity contribution in [1.82, 2.24) is 9.62 Å². The molecule has 0 unspecified atom stereocenters. The molecule has 0 aromatic rings. The van der Waals surface area contributed by atoms with Crippen LogP contribution >= 0.6 is 0 Å². The fourth-order valence-corrected chi connectivity index (χ4v) is 3.82. The van der Waals surface area contributed by atoms with Crippen molar-refractivity contribution < 1.29 is 18.3 Å². The zero-order chi connectivity index (χ0) is 14.2. The summed E-state index contributed by atoms with van der Waals surface area (Å²) in [5.41, 5.74) is 0. The van der Waals surface area contributed by atoms with Crippen LogP contribution in [0.3, 0.4) is 0 Å². The minimum absolute atomic E-state index is 0.0181. The predicted molar refractivity (Wildman–Crippen MR) is 70.8 cm³/mol. The van der Waals surface area contributed by atoms with E-state index in [-0.39, 0.29) is 30.0 Å². The van der Waals surface area contributed by atoms with Crippen LogP contribution in [0.5, 0.6) is 0 Å². The van der Waals surface area contributed by atoms with E-state index < -0.39 is 16.1 Å². The van der Waals surface area contributed by atoms with Crippen molar-refractivity contribution in [2.75, 3.05) is 25.4 Å². The van der Waals surface area contributed by atoms with Crippen molar-refractivity contribution in [2.24, 2.45) is 17.8 Å². The Morgan fingerprint density at radius 1 is 1.47 bits per heavy atom. The maximum absolute atomic E-state index is 11.9. The molecule has 19 heavy (non-hydrogen) atoms. The highest BCUT2D eigenvalue weighted by molar-refractivity contribution is 7.89. The Balaban J connectivity index is 1.71. The molecule has 1 aliphatic heterocycles. The van der Waals surface area contributed by atoms with Crippen LogP contribution in [0.25, 0.3) is 0 Å². The molecule has 1 saturated carbocycles. The summed E-state index contributed by atoms with van der Waals surface area (Å²) in [5, 5.41) is 9.05. The van der Waals surface area contributed by atoms with Crippen molar-refractivity contribution in [3.05, 3.63) is 0 Å². The molecule has 2 fully saturated rings. The number of likely N-dealkylation sites (tertiary alicyclic amines) is 1. The molecule has 0 bridgehead atoms. The largest absolute Gasteiger partial charge is 0.392 e. The van der Waals surface area contributed by atoms with E-state index >= 15 is 0 Å². The summed E-state index contributed by atoms with van der Waals surface area (Å²) in [7, 11) is -3.35. The van der Waals surface area contributed by atoms with Gasteiger partial charge in [-0.1, -0.05) is 6.92 Å². The third-order valence-electron chi connectivity index (χ3n) is 3.75. The Morgan fingerprint density at radius 2 is 2.05 bits per heavy atom. The van der Waals surface area contributed by atoms with Gasteiger partial charge in [0.1, 0.15) is 0 Å². The number of hydrogen-bond acceptors (Lipinski definition) is 4. The minimum Gasteiger partial charge on any atom is -0.392 e. The number of aliphatic hydroxyl groups excluding tert-OH is 1. The number of nitrogens with zero attached hydrogens (tertiary/aromatic N) is 1. The van der Waals surface area contributed by atoms with Crippen LogP contribution in [0.4, 0.5) is 0 Å². The van der Waals surface area contributed by atoms with Crippen LogP contribution in [0.2, 0.25) is 0 Å². The molecule has 6 nitrogen and oxygen atoms in total. The Labute approximate surface area is 114 Å². The van der Waals surface area contributed by atoms with Gasteiger partial charge >= 0.3 is 0 Å². The van der Waals surface area contributed by atoms with Gasteiger partial charge in [0.05, 0.1) is 11.9 Å². The molecule has 0 spiro atoms. The Hall–Kier alpha value is -0.660. The molecule has 2 rings (SSSR count). The van der Waals surface area contributed by atoms with Gasteiger partial charge in [-0.25, -0.2) is 13.1 Å². The first-order valence-corrected chi connectivity index (χ1v) is 8.38. The van der Waals surface area contributed by atoms with E-state index in [0.29, 0.717) is 19.0 Å². The first-order chi connectivity index (χ1) is 8.78. The molecule has 0 radical (unpaired) electrons. The van der Waals surface area contributed by atoms with Crippen molar-refractivity contribution in [3.8, 4) is 0 Å². The van der Waals surface area contributed by atoms with Crippen molar-refractivity contribution >= 4 is 15.9 Å². The lowest BCUT2D eigenvalue weighted by atomic mass is 10.0. The van der Waals surface area contributed by atoms with Gasteiger partial charge in [0, 0.05) is 31.5 Å². The van der Waals surface area contributed by atoms with E-state index in [1.54, 1.807) is 4.90 Å². The minimum atomic E-state index is -3.35. The molecule has 3 atom stereocenters. The highest BCUT2D eigenvalue weighted by atomic mass is 32.2. The standard InChI is InChI=1S/C12H22N2O4S/c1-8-3-11(8)12(16)14-5-10(6-14)7-19(17,18)13-4-9(2)15/h8-11,13,15H,3-7H2,1-2H3/t8-,9+,11-/m1/s1. The zero-order valence-electron chi connectivity index (χ0n) is 11.4. The van der Waals surface area contributed by atoms with E-state index in [9.17, 15) is 13.2 Å². The molecule has 1 aliphatic carbocycles. The van der Waals surface area contributed by atoms with Gasteiger partial charge in [-0.05, 0) is 19.3 Å². The number of nitrogens with one attached hydrogen (secondary N) is 1. The smallest absolute Gasteiger partial charge is 0.225 e. The molecule has 2 aliphatic rings. The number of hydrogen-bond donors (Lipinski definition) is 2. The van der Waals surface area contributed by atoms with Gasteiger partial charge in [-0.15, -0.1) is 0 Å². The average molecular weight is 290 g/mol. The Kier molecular flexibility index (Phi) is 4.17. The van der Waals surface area contributed by atoms with E-state index in [4.69, 9.17) is 5.11 Å². The quantitative estimate of drug-likeness (QED) is 0.684. The number of sulfonamides is 1. The molecule has 2 N–H and O–H groups in total. The summed E-state index contributed by atoms with van der Waals surface area (Å²) in [6, 6.07) is 0. The van der Waals surface area contributed by atoms with Crippen LogP contribution < -0.4 is 4.72 Å². The van der Waals surface area contributed by atoms with Gasteiger partial charge in [0.15, 0.2) is 0 Å². The summed E-state index contributed by atoms with van der Waals surface area (Å²) in [6.45, 7) is 4.71. The lowest BCUT2D eigenvalue weighted by Crippen LogP contribution is -2.54. The van der Waals surface area contributed by atoms with Gasteiger partial charge in [-0.3, -0.25) is 4.79 Å². The SMILES string of the molecule is C[C@H](O)CNS(=O)(=O)CC1CN(C(=O)[C@@H]2C[C@H]2C)C1. The highest BCUT2D eigenvalue weighted by Gasteiger charge is 2.45. The highest BCUT2D eigenvalue weighted by Crippen LogP contribution is 2.40. The summed E-state index contributed by atoms with van der Waals surface area (Å²) in [6.07, 6.45) is 0.277. The van der Waals surface area contributed by atoms with Crippen LogP contribution in [-0.2, 0) is 14.8 Å². The van der Waals surface area contributed by atoms with Crippen molar-refractivity contribution in [2.45, 2.75) is 26.4 Å². The number of carbonyl (C=O) groups excluding carboxylic acids is 1. The molecule has 1 amide bonds. The monoisotopic (exact) mass is 290 g/mol. The van der Waals surface area contributed by atoms with Crippen molar-refractivity contribution in [1.29, 1.82) is 0 Å². The second kappa shape index (κ2) is 5.38. The van der Waals surface area contributed by atoms with Crippen LogP contribution in [-0.4, -0.2) is 55.8 Å². The van der Waals surface area contributed by atoms with E-state index in [2.05, 4.69) is 11.6 Å². The van der Waals surface area contributed by atoms with Crippen molar-refractivity contribution in [3.63, 3.8) is 0 Å². The van der Waals surface area contributed by atoms with Gasteiger partial charge in [-0.2, -0.15) is 0 Å². The topological polar surface area (TPSA) is 86.7 Å². The lowest BCUT2D eigenvalue weighted by Gasteiger charge is -2.39. The molecule has 0 aromatic carbocycles. The molecule has 1 saturated heterocycles. The van der Waals surface area contributed by atoms with E-state index in [1.165, 1.54) is 6.92 Å². The first kappa shape index (κ1) is 14.7. The first-order valence-electron chi connectivity index (χ1n) is 6.72. The van der Waals surface area contributed by atoms with Crippen LogP contribution in [0.15, 0.2) is 0 Å². The zero-order valence-corrected chi connectivity index (χ0v) is 12.2. The van der Waals surface area contributed by atoms with E-state index in [0.717, 1.165) is 6.42 Å². The third kappa shape index (κ3) is 3.90. The van der Waals surface area contributed by atoms with Crippen LogP contribution in [0, 0.1) is 17.8 Å². The fraction of sp³-hybridized carbons (Fsp3) is 0.917. The Morgan fingerprint density at radius 3 is 2.53 bits per heavy atom. The number of carbonyl (C=O) groups is 1. The number of aliphatic hydroxyl groups is 1. The Bertz CT molecular complexity index is 443. The fourth-order valence-electron chi connectivity index (χ4n) is 2.37. The third-order valence-corrected chi connectivity index (χ3v) is 5.27. The number of rotatable bonds is 6. The summed E-state index contributed by atoms with van der Waals surface area (Å²) in [4.78, 5) is 13.6. The normalized spacial score (nSPS) is 28.9. The van der Waals surface area contributed by atoms with Crippen LogP contribution in [0.1, 0.15) is 20.3 Å². The second-order valence-electron chi connectivity index (χ2n) is 5.91. The molecule has 110 valence electrons. The number of amides is 1. The predicted octanol–water partition coefficient (Wildman–Crippen LogP) is -0.599. The molecule has 0 aromatic heterocycles. The summed E-state index contributed by atoms with van der Waals surface area (Å²) < 4.78 is 25.7. The van der Waals surface area contributed by atoms with Gasteiger partial charge in [0.25, 0.3) is 0 Å². The maximum Gasteiger partial charge on any atom is 0.225 e. The summed E-state index contributed by atoms with van der Waals surface area (Å²) >= 11 is 0. The maximum atomic E-state index is 11.9. The lowest BCUT2D eigenvalue weighted by molar-refractivity contribution is -0.138. The second-order valence-corrected chi connectivity index (χ2v) is 7.76. The van der Waals surface area contributed by atoms with Gasteiger partial charge < -0.3 is 10.0 Å². The average Bonchev–Trinajstić information content (AvgIpc) is 2.97.